The summed E-state index contributed by atoms with van der Waals surface area (Å²) in [6.07, 6.45) is 3.72. The molecule has 0 bridgehead atoms. The van der Waals surface area contributed by atoms with Crippen LogP contribution in [0.2, 0.25) is 0 Å². The Morgan fingerprint density at radius 3 is 2.75 bits per heavy atom. The smallest absolute Gasteiger partial charge is 0.348 e. The first-order chi connectivity index (χ1) is 11.7. The number of fused-ring (bicyclic) bond motifs is 1. The number of hydrogen-bond donors (Lipinski definition) is 0. The summed E-state index contributed by atoms with van der Waals surface area (Å²) in [6.45, 7) is 1.62. The quantitative estimate of drug-likeness (QED) is 0.787. The molecule has 1 aromatic carbocycles. The van der Waals surface area contributed by atoms with Gasteiger partial charge in [-0.05, 0) is 48.6 Å². The topological polar surface area (TPSA) is 59.3 Å². The zero-order valence-corrected chi connectivity index (χ0v) is 14.4. The molecule has 1 saturated carbocycles. The fourth-order valence-electron chi connectivity index (χ4n) is 3.65. The van der Waals surface area contributed by atoms with E-state index >= 15 is 0 Å². The molecule has 5 heteroatoms. The van der Waals surface area contributed by atoms with E-state index in [0.29, 0.717) is 10.8 Å². The number of nitrogens with zero attached hydrogens (tertiary/aromatic N) is 1. The lowest BCUT2D eigenvalue weighted by molar-refractivity contribution is 0.0605. The molecule has 0 spiro atoms. The maximum atomic E-state index is 12.2. The van der Waals surface area contributed by atoms with Gasteiger partial charge in [0.2, 0.25) is 0 Å². The second-order valence-corrected chi connectivity index (χ2v) is 7.69. The molecule has 124 valence electrons. The van der Waals surface area contributed by atoms with Crippen LogP contribution in [0.3, 0.4) is 0 Å². The van der Waals surface area contributed by atoms with Gasteiger partial charge in [0.15, 0.2) is 0 Å². The highest BCUT2D eigenvalue weighted by Gasteiger charge is 2.49. The summed E-state index contributed by atoms with van der Waals surface area (Å²) < 4.78 is 11.5. The van der Waals surface area contributed by atoms with Crippen molar-refractivity contribution in [2.24, 2.45) is 0 Å². The van der Waals surface area contributed by atoms with Crippen LogP contribution in [0.5, 0.6) is 0 Å². The van der Waals surface area contributed by atoms with Crippen molar-refractivity contribution in [3.05, 3.63) is 34.2 Å². The van der Waals surface area contributed by atoms with Crippen LogP contribution in [0.1, 0.15) is 52.4 Å². The molecule has 0 N–H and O–H groups in total. The Morgan fingerprint density at radius 2 is 2.12 bits per heavy atom. The van der Waals surface area contributed by atoms with E-state index in [1.165, 1.54) is 24.0 Å². The van der Waals surface area contributed by atoms with Crippen LogP contribution in [0.15, 0.2) is 18.2 Å². The molecule has 4 nitrogen and oxygen atoms in total. The molecular weight excluding hydrogens is 322 g/mol. The Bertz CT molecular complexity index is 838. The molecule has 1 aromatic heterocycles. The molecule has 2 fully saturated rings. The van der Waals surface area contributed by atoms with E-state index in [0.717, 1.165) is 54.5 Å². The third kappa shape index (κ3) is 2.42. The number of carbonyl (C=O) groups is 1. The predicted octanol–water partition coefficient (Wildman–Crippen LogP) is 4.14. The normalized spacial score (nSPS) is 19.8. The van der Waals surface area contributed by atoms with Crippen molar-refractivity contribution >= 4 is 27.4 Å². The summed E-state index contributed by atoms with van der Waals surface area (Å²) in [6, 6.07) is 8.87. The minimum absolute atomic E-state index is 0.333. The monoisotopic (exact) mass is 341 g/mol. The van der Waals surface area contributed by atoms with Crippen LogP contribution in [0.25, 0.3) is 10.1 Å². The number of hydrogen-bond acceptors (Lipinski definition) is 5. The fourth-order valence-corrected chi connectivity index (χ4v) is 4.92. The summed E-state index contributed by atoms with van der Waals surface area (Å²) in [5.74, 6) is 0.182. The van der Waals surface area contributed by atoms with Crippen molar-refractivity contribution in [2.45, 2.75) is 37.0 Å². The molecule has 2 heterocycles. The van der Waals surface area contributed by atoms with Gasteiger partial charge in [0, 0.05) is 23.5 Å². The third-order valence-corrected chi connectivity index (χ3v) is 6.35. The SMILES string of the molecule is COC(=O)c1sc2cc(C3CCOCC3)ccc2c1C1(C#N)CC1. The van der Waals surface area contributed by atoms with Crippen LogP contribution >= 0.6 is 11.3 Å². The number of nitriles is 1. The average molecular weight is 341 g/mol. The Morgan fingerprint density at radius 1 is 1.38 bits per heavy atom. The Hall–Kier alpha value is -1.90. The molecule has 1 aliphatic heterocycles. The van der Waals surface area contributed by atoms with E-state index in [1.54, 1.807) is 0 Å². The van der Waals surface area contributed by atoms with Crippen molar-refractivity contribution in [3.8, 4) is 6.07 Å². The molecule has 0 radical (unpaired) electrons. The van der Waals surface area contributed by atoms with Gasteiger partial charge in [-0.25, -0.2) is 4.79 Å². The van der Waals surface area contributed by atoms with Gasteiger partial charge in [-0.3, -0.25) is 0 Å². The minimum atomic E-state index is -0.498. The number of methoxy groups -OCH3 is 1. The van der Waals surface area contributed by atoms with Crippen molar-refractivity contribution in [1.29, 1.82) is 5.26 Å². The summed E-state index contributed by atoms with van der Waals surface area (Å²) >= 11 is 1.46. The van der Waals surface area contributed by atoms with Crippen LogP contribution in [0.4, 0.5) is 0 Å². The number of thiophene rings is 1. The molecule has 2 aliphatic rings. The van der Waals surface area contributed by atoms with E-state index in [4.69, 9.17) is 9.47 Å². The van der Waals surface area contributed by atoms with Gasteiger partial charge in [0.05, 0.1) is 18.6 Å². The minimum Gasteiger partial charge on any atom is -0.465 e. The van der Waals surface area contributed by atoms with Gasteiger partial charge in [-0.2, -0.15) is 5.26 Å². The first-order valence-electron chi connectivity index (χ1n) is 8.33. The van der Waals surface area contributed by atoms with E-state index in [-0.39, 0.29) is 5.97 Å². The molecule has 1 aliphatic carbocycles. The number of carbonyl (C=O) groups excluding carboxylic acids is 1. The van der Waals surface area contributed by atoms with Crippen LogP contribution in [0, 0.1) is 11.3 Å². The first kappa shape index (κ1) is 15.6. The molecule has 0 unspecified atom stereocenters. The summed E-state index contributed by atoms with van der Waals surface area (Å²) in [4.78, 5) is 12.8. The number of ether oxygens (including phenoxy) is 2. The highest BCUT2D eigenvalue weighted by molar-refractivity contribution is 7.21. The molecule has 2 aromatic rings. The molecule has 4 rings (SSSR count). The van der Waals surface area contributed by atoms with Crippen molar-refractivity contribution < 1.29 is 14.3 Å². The highest BCUT2D eigenvalue weighted by atomic mass is 32.1. The fraction of sp³-hybridized carbons (Fsp3) is 0.474. The number of benzene rings is 1. The predicted molar refractivity (Wildman–Crippen MR) is 92.5 cm³/mol. The van der Waals surface area contributed by atoms with Crippen LogP contribution in [-0.2, 0) is 14.9 Å². The van der Waals surface area contributed by atoms with Crippen LogP contribution < -0.4 is 0 Å². The van der Waals surface area contributed by atoms with Gasteiger partial charge < -0.3 is 9.47 Å². The zero-order valence-electron chi connectivity index (χ0n) is 13.6. The van der Waals surface area contributed by atoms with E-state index in [9.17, 15) is 10.1 Å². The standard InChI is InChI=1S/C19H19NO3S/c1-22-18(21)17-16(19(11-20)6-7-19)14-3-2-13(10-15(14)24-17)12-4-8-23-9-5-12/h2-3,10,12H,4-9H2,1H3. The van der Waals surface area contributed by atoms with E-state index in [2.05, 4.69) is 24.3 Å². The summed E-state index contributed by atoms with van der Waals surface area (Å²) in [5, 5.41) is 10.7. The van der Waals surface area contributed by atoms with E-state index in [1.807, 2.05) is 0 Å². The molecule has 1 saturated heterocycles. The van der Waals surface area contributed by atoms with Gasteiger partial charge >= 0.3 is 5.97 Å². The van der Waals surface area contributed by atoms with E-state index < -0.39 is 5.41 Å². The lowest BCUT2D eigenvalue weighted by atomic mass is 9.89. The summed E-state index contributed by atoms with van der Waals surface area (Å²) in [5.41, 5.74) is 1.69. The molecule has 24 heavy (non-hydrogen) atoms. The molecule has 0 amide bonds. The van der Waals surface area contributed by atoms with Gasteiger partial charge in [0.25, 0.3) is 0 Å². The second kappa shape index (κ2) is 5.87. The van der Waals surface area contributed by atoms with Gasteiger partial charge in [-0.1, -0.05) is 12.1 Å². The lowest BCUT2D eigenvalue weighted by Gasteiger charge is -2.22. The first-order valence-corrected chi connectivity index (χ1v) is 9.14. The Kier molecular flexibility index (Phi) is 3.82. The van der Waals surface area contributed by atoms with Crippen molar-refractivity contribution in [1.82, 2.24) is 0 Å². The van der Waals surface area contributed by atoms with Gasteiger partial charge in [-0.15, -0.1) is 11.3 Å². The Labute approximate surface area is 145 Å². The maximum Gasteiger partial charge on any atom is 0.348 e. The number of esters is 1. The Balaban J connectivity index is 1.84. The van der Waals surface area contributed by atoms with Crippen molar-refractivity contribution in [2.75, 3.05) is 20.3 Å². The van der Waals surface area contributed by atoms with Crippen LogP contribution in [-0.4, -0.2) is 26.3 Å². The van der Waals surface area contributed by atoms with Gasteiger partial charge in [0.1, 0.15) is 4.88 Å². The average Bonchev–Trinajstić information content (AvgIpc) is 3.34. The highest BCUT2D eigenvalue weighted by Crippen LogP contribution is 2.53. The lowest BCUT2D eigenvalue weighted by Crippen LogP contribution is -2.13. The second-order valence-electron chi connectivity index (χ2n) is 6.63. The van der Waals surface area contributed by atoms with Crippen molar-refractivity contribution in [3.63, 3.8) is 0 Å². The third-order valence-electron chi connectivity index (χ3n) is 5.22. The maximum absolute atomic E-state index is 12.2. The molecule has 0 atom stereocenters. The summed E-state index contributed by atoms with van der Waals surface area (Å²) in [7, 11) is 1.40. The largest absolute Gasteiger partial charge is 0.465 e. The number of rotatable bonds is 3. The molecular formula is C19H19NO3S. The zero-order chi connectivity index (χ0) is 16.7.